The maximum atomic E-state index is 15.1. The molecule has 1 N–H and O–H groups in total. The van der Waals surface area contributed by atoms with E-state index in [4.69, 9.17) is 9.15 Å². The summed E-state index contributed by atoms with van der Waals surface area (Å²) >= 11 is 0. The fourth-order valence-electron chi connectivity index (χ4n) is 4.37. The molecule has 1 heterocycles. The molecule has 4 aromatic rings. The molecule has 4 nitrogen and oxygen atoms in total. The predicted octanol–water partition coefficient (Wildman–Crippen LogP) is 6.08. The van der Waals surface area contributed by atoms with Gasteiger partial charge in [-0.25, -0.2) is 0 Å². The van der Waals surface area contributed by atoms with E-state index >= 15 is 4.57 Å². The van der Waals surface area contributed by atoms with Crippen LogP contribution in [0.25, 0.3) is 0 Å². The Morgan fingerprint density at radius 1 is 0.824 bits per heavy atom. The van der Waals surface area contributed by atoms with Crippen LogP contribution < -0.4 is 10.6 Å². The van der Waals surface area contributed by atoms with Crippen molar-refractivity contribution in [2.75, 3.05) is 0 Å². The van der Waals surface area contributed by atoms with Gasteiger partial charge in [0.05, 0.1) is 24.6 Å². The summed E-state index contributed by atoms with van der Waals surface area (Å²) < 4.78 is 27.0. The fourth-order valence-corrected chi connectivity index (χ4v) is 7.74. The number of furan rings is 1. The number of rotatable bonds is 11. The molecule has 0 aliphatic heterocycles. The van der Waals surface area contributed by atoms with Crippen LogP contribution in [-0.2, 0) is 15.9 Å². The predicted molar refractivity (Wildman–Crippen MR) is 137 cm³/mol. The normalized spacial score (nSPS) is 14.4. The van der Waals surface area contributed by atoms with Crippen molar-refractivity contribution < 1.29 is 18.8 Å². The number of hydrogen-bond donors (Lipinski definition) is 1. The van der Waals surface area contributed by atoms with Gasteiger partial charge in [0.2, 0.25) is 0 Å². The second-order valence-corrected chi connectivity index (χ2v) is 11.4. The van der Waals surface area contributed by atoms with Crippen LogP contribution in [0.4, 0.5) is 0 Å². The number of aliphatic hydroxyl groups excluding tert-OH is 1. The molecule has 0 saturated carbocycles. The van der Waals surface area contributed by atoms with Crippen molar-refractivity contribution in [1.82, 2.24) is 0 Å². The summed E-state index contributed by atoms with van der Waals surface area (Å²) in [5.41, 5.74) is 0.461. The monoisotopic (exact) mass is 474 g/mol. The first-order valence-corrected chi connectivity index (χ1v) is 13.5. The van der Waals surface area contributed by atoms with E-state index in [-0.39, 0.29) is 6.10 Å². The van der Waals surface area contributed by atoms with E-state index in [2.05, 4.69) is 6.92 Å². The summed E-state index contributed by atoms with van der Waals surface area (Å²) in [5.74, 6) is 0.412. The smallest absolute Gasteiger partial charge is 0.149 e. The standard InChI is InChI=1S/C29H31O4P/c1-2-24(33-22-23-13-6-3-7-14-23)21-28(29(30)27-19-12-20-32-27)34(31,25-15-8-4-9-16-25)26-17-10-5-11-18-26/h3-20,24,28-30H,2,21-22H2,1H3/t24-,28+,29+/m1/s1. The number of hydrogen-bond acceptors (Lipinski definition) is 4. The minimum atomic E-state index is -3.28. The molecule has 0 radical (unpaired) electrons. The van der Waals surface area contributed by atoms with E-state index in [1.807, 2.05) is 91.0 Å². The van der Waals surface area contributed by atoms with Crippen molar-refractivity contribution in [2.45, 2.75) is 44.2 Å². The lowest BCUT2D eigenvalue weighted by atomic mass is 10.1. The number of aliphatic hydroxyl groups is 1. The first-order chi connectivity index (χ1) is 16.6. The molecule has 3 aromatic carbocycles. The summed E-state index contributed by atoms with van der Waals surface area (Å²) in [7, 11) is -3.28. The van der Waals surface area contributed by atoms with E-state index in [1.165, 1.54) is 6.26 Å². The zero-order valence-electron chi connectivity index (χ0n) is 19.4. The highest BCUT2D eigenvalue weighted by atomic mass is 31.2. The summed E-state index contributed by atoms with van der Waals surface area (Å²) in [6.45, 7) is 2.52. The number of benzene rings is 3. The average molecular weight is 475 g/mol. The molecule has 0 fully saturated rings. The van der Waals surface area contributed by atoms with Crippen LogP contribution in [0.15, 0.2) is 114 Å². The van der Waals surface area contributed by atoms with Gasteiger partial charge in [-0.3, -0.25) is 0 Å². The first-order valence-electron chi connectivity index (χ1n) is 11.7. The second kappa shape index (κ2) is 11.5. The number of ether oxygens (including phenoxy) is 1. The first kappa shape index (κ1) is 24.2. The summed E-state index contributed by atoms with van der Waals surface area (Å²) in [6, 6.07) is 32.5. The van der Waals surface area contributed by atoms with Gasteiger partial charge in [-0.1, -0.05) is 97.9 Å². The minimum absolute atomic E-state index is 0.185. The van der Waals surface area contributed by atoms with Gasteiger partial charge < -0.3 is 18.8 Å². The molecular weight excluding hydrogens is 443 g/mol. The van der Waals surface area contributed by atoms with Gasteiger partial charge in [0, 0.05) is 10.6 Å². The Balaban J connectivity index is 1.73. The second-order valence-electron chi connectivity index (χ2n) is 8.42. The molecule has 3 atom stereocenters. The largest absolute Gasteiger partial charge is 0.467 e. The Morgan fingerprint density at radius 3 is 1.88 bits per heavy atom. The van der Waals surface area contributed by atoms with E-state index < -0.39 is 18.9 Å². The van der Waals surface area contributed by atoms with Gasteiger partial charge in [0.15, 0.2) is 0 Å². The van der Waals surface area contributed by atoms with E-state index in [0.717, 1.165) is 22.6 Å². The lowest BCUT2D eigenvalue weighted by Crippen LogP contribution is -2.34. The third-order valence-electron chi connectivity index (χ3n) is 6.23. The highest BCUT2D eigenvalue weighted by Crippen LogP contribution is 2.55. The van der Waals surface area contributed by atoms with E-state index in [0.29, 0.717) is 18.8 Å². The van der Waals surface area contributed by atoms with Crippen molar-refractivity contribution in [3.63, 3.8) is 0 Å². The molecule has 0 amide bonds. The van der Waals surface area contributed by atoms with Crippen LogP contribution in [0.1, 0.15) is 37.2 Å². The molecule has 0 aliphatic carbocycles. The van der Waals surface area contributed by atoms with Crippen molar-refractivity contribution >= 4 is 17.8 Å². The summed E-state index contributed by atoms with van der Waals surface area (Å²) in [5, 5.41) is 13.0. The summed E-state index contributed by atoms with van der Waals surface area (Å²) in [4.78, 5) is 0. The molecule has 34 heavy (non-hydrogen) atoms. The third kappa shape index (κ3) is 5.42. The Hall–Kier alpha value is -2.91. The fraction of sp³-hybridized carbons (Fsp3) is 0.241. The zero-order valence-corrected chi connectivity index (χ0v) is 20.3. The Kier molecular flexibility index (Phi) is 8.18. The molecule has 0 bridgehead atoms. The Labute approximate surface area is 201 Å². The SMILES string of the molecule is CC[C@H](C[C@@H]([C@@H](O)c1ccco1)P(=O)(c1ccccc1)c1ccccc1)OCc1ccccc1. The molecule has 4 rings (SSSR count). The minimum Gasteiger partial charge on any atom is -0.467 e. The van der Waals surface area contributed by atoms with Crippen LogP contribution in [0, 0.1) is 0 Å². The molecule has 0 aliphatic rings. The van der Waals surface area contributed by atoms with Gasteiger partial charge in [-0.2, -0.15) is 0 Å². The molecule has 0 unspecified atom stereocenters. The van der Waals surface area contributed by atoms with Gasteiger partial charge >= 0.3 is 0 Å². The van der Waals surface area contributed by atoms with E-state index in [1.54, 1.807) is 12.1 Å². The van der Waals surface area contributed by atoms with Crippen LogP contribution in [-0.4, -0.2) is 16.9 Å². The molecule has 5 heteroatoms. The van der Waals surface area contributed by atoms with Crippen LogP contribution >= 0.6 is 7.14 Å². The maximum Gasteiger partial charge on any atom is 0.149 e. The average Bonchev–Trinajstić information content (AvgIpc) is 3.45. The zero-order chi connectivity index (χ0) is 23.8. The van der Waals surface area contributed by atoms with Gasteiger partial charge in [-0.05, 0) is 30.5 Å². The van der Waals surface area contributed by atoms with Crippen LogP contribution in [0.3, 0.4) is 0 Å². The highest BCUT2D eigenvalue weighted by molar-refractivity contribution is 7.79. The van der Waals surface area contributed by atoms with Crippen molar-refractivity contribution in [2.24, 2.45) is 0 Å². The van der Waals surface area contributed by atoms with Crippen molar-refractivity contribution in [3.8, 4) is 0 Å². The van der Waals surface area contributed by atoms with Gasteiger partial charge in [0.25, 0.3) is 0 Å². The lowest BCUT2D eigenvalue weighted by molar-refractivity contribution is 0.0207. The van der Waals surface area contributed by atoms with Crippen LogP contribution in [0.5, 0.6) is 0 Å². The molecule has 1 aromatic heterocycles. The van der Waals surface area contributed by atoms with E-state index in [9.17, 15) is 5.11 Å². The van der Waals surface area contributed by atoms with Crippen molar-refractivity contribution in [3.05, 3.63) is 121 Å². The maximum absolute atomic E-state index is 15.1. The van der Waals surface area contributed by atoms with Crippen LogP contribution in [0.2, 0.25) is 0 Å². The Bertz CT molecular complexity index is 1120. The Morgan fingerprint density at radius 2 is 1.38 bits per heavy atom. The highest BCUT2D eigenvalue weighted by Gasteiger charge is 2.43. The topological polar surface area (TPSA) is 59.7 Å². The van der Waals surface area contributed by atoms with Crippen molar-refractivity contribution in [1.29, 1.82) is 0 Å². The molecular formula is C29H31O4P. The molecule has 176 valence electrons. The quantitative estimate of drug-likeness (QED) is 0.268. The third-order valence-corrected chi connectivity index (χ3v) is 9.79. The lowest BCUT2D eigenvalue weighted by Gasteiger charge is -2.34. The molecule has 0 spiro atoms. The molecule has 0 saturated heterocycles. The summed E-state index contributed by atoms with van der Waals surface area (Å²) in [6.07, 6.45) is 1.46. The van der Waals surface area contributed by atoms with Gasteiger partial charge in [0.1, 0.15) is 19.0 Å². The van der Waals surface area contributed by atoms with Gasteiger partial charge in [-0.15, -0.1) is 0 Å².